The largest absolute Gasteiger partial charge is 0.359 e. The normalized spacial score (nSPS) is 12.9. The Morgan fingerprint density at radius 1 is 1.31 bits per heavy atom. The van der Waals surface area contributed by atoms with Crippen molar-refractivity contribution < 1.29 is 0 Å². The van der Waals surface area contributed by atoms with E-state index in [2.05, 4.69) is 42.9 Å². The van der Waals surface area contributed by atoms with Crippen LogP contribution in [0.1, 0.15) is 26.3 Å². The van der Waals surface area contributed by atoms with Crippen molar-refractivity contribution in [1.82, 2.24) is 4.98 Å². The molecule has 1 heterocycles. The number of hydrogen-bond acceptors (Lipinski definition) is 3. The smallest absolute Gasteiger partial charge is 0.128 e. The fourth-order valence-corrected chi connectivity index (χ4v) is 1.78. The maximum Gasteiger partial charge on any atom is 0.128 e. The van der Waals surface area contributed by atoms with Gasteiger partial charge in [0.15, 0.2) is 0 Å². The van der Waals surface area contributed by atoms with Gasteiger partial charge in [-0.3, -0.25) is 0 Å². The second-order valence-corrected chi connectivity index (χ2v) is 4.98. The highest BCUT2D eigenvalue weighted by Crippen LogP contribution is 2.12. The number of rotatable bonds is 5. The summed E-state index contributed by atoms with van der Waals surface area (Å²) >= 11 is 0. The summed E-state index contributed by atoms with van der Waals surface area (Å²) in [5.74, 6) is 1.68. The summed E-state index contributed by atoms with van der Waals surface area (Å²) in [7, 11) is 2.08. The monoisotopic (exact) mass is 221 g/mol. The Balaban J connectivity index is 2.63. The molecule has 1 unspecified atom stereocenters. The molecule has 1 aromatic heterocycles. The molecule has 3 nitrogen and oxygen atoms in total. The van der Waals surface area contributed by atoms with Crippen LogP contribution in [0.5, 0.6) is 0 Å². The fraction of sp³-hybridized carbons (Fsp3) is 0.615. The zero-order valence-corrected chi connectivity index (χ0v) is 10.8. The van der Waals surface area contributed by atoms with Gasteiger partial charge in [-0.15, -0.1) is 0 Å². The molecule has 90 valence electrons. The van der Waals surface area contributed by atoms with Crippen molar-refractivity contribution in [1.29, 1.82) is 0 Å². The van der Waals surface area contributed by atoms with E-state index in [0.29, 0.717) is 5.92 Å². The van der Waals surface area contributed by atoms with Crippen molar-refractivity contribution in [2.24, 2.45) is 11.7 Å². The van der Waals surface area contributed by atoms with E-state index in [1.165, 1.54) is 5.56 Å². The van der Waals surface area contributed by atoms with Crippen LogP contribution in [-0.2, 0) is 6.42 Å². The molecule has 0 saturated carbocycles. The molecule has 1 aromatic rings. The van der Waals surface area contributed by atoms with Crippen molar-refractivity contribution in [2.45, 2.75) is 33.2 Å². The molecule has 1 rings (SSSR count). The van der Waals surface area contributed by atoms with E-state index in [-0.39, 0.29) is 6.04 Å². The summed E-state index contributed by atoms with van der Waals surface area (Å²) < 4.78 is 0. The van der Waals surface area contributed by atoms with Gasteiger partial charge in [0, 0.05) is 25.8 Å². The van der Waals surface area contributed by atoms with Crippen molar-refractivity contribution in [3.63, 3.8) is 0 Å². The van der Waals surface area contributed by atoms with E-state index in [1.54, 1.807) is 0 Å². The first kappa shape index (κ1) is 13.0. The lowest BCUT2D eigenvalue weighted by molar-refractivity contribution is 0.634. The van der Waals surface area contributed by atoms with Crippen molar-refractivity contribution in [3.8, 4) is 0 Å². The average molecular weight is 221 g/mol. The lowest BCUT2D eigenvalue weighted by atomic mass is 10.1. The predicted octanol–water partition coefficient (Wildman–Crippen LogP) is 2.06. The Bertz CT molecular complexity index is 303. The van der Waals surface area contributed by atoms with Gasteiger partial charge < -0.3 is 10.6 Å². The molecule has 2 N–H and O–H groups in total. The second-order valence-electron chi connectivity index (χ2n) is 4.98. The van der Waals surface area contributed by atoms with E-state index in [0.717, 1.165) is 18.8 Å². The molecule has 0 fully saturated rings. The van der Waals surface area contributed by atoms with Crippen molar-refractivity contribution in [2.75, 3.05) is 18.5 Å². The Labute approximate surface area is 98.7 Å². The quantitative estimate of drug-likeness (QED) is 0.827. The molecule has 0 saturated heterocycles. The summed E-state index contributed by atoms with van der Waals surface area (Å²) in [5.41, 5.74) is 6.96. The highest BCUT2D eigenvalue weighted by atomic mass is 15.2. The third-order valence-corrected chi connectivity index (χ3v) is 2.40. The van der Waals surface area contributed by atoms with Gasteiger partial charge in [0.1, 0.15) is 5.82 Å². The van der Waals surface area contributed by atoms with E-state index < -0.39 is 0 Å². The van der Waals surface area contributed by atoms with Gasteiger partial charge in [0.25, 0.3) is 0 Å². The fourth-order valence-electron chi connectivity index (χ4n) is 1.78. The third kappa shape index (κ3) is 4.19. The first-order valence-corrected chi connectivity index (χ1v) is 5.90. The summed E-state index contributed by atoms with van der Waals surface area (Å²) in [6.45, 7) is 7.46. The summed E-state index contributed by atoms with van der Waals surface area (Å²) in [6, 6.07) is 4.38. The molecule has 0 amide bonds. The molecular weight excluding hydrogens is 198 g/mol. The second kappa shape index (κ2) is 5.85. The van der Waals surface area contributed by atoms with Crippen LogP contribution in [0.2, 0.25) is 0 Å². The maximum absolute atomic E-state index is 5.75. The number of aromatic nitrogens is 1. The van der Waals surface area contributed by atoms with Crippen LogP contribution in [0.25, 0.3) is 0 Å². The topological polar surface area (TPSA) is 42.1 Å². The van der Waals surface area contributed by atoms with Gasteiger partial charge in [0.2, 0.25) is 0 Å². The van der Waals surface area contributed by atoms with Crippen LogP contribution in [0, 0.1) is 5.92 Å². The van der Waals surface area contributed by atoms with Crippen LogP contribution < -0.4 is 10.6 Å². The van der Waals surface area contributed by atoms with E-state index in [1.807, 2.05) is 13.1 Å². The van der Waals surface area contributed by atoms with Crippen LogP contribution in [0.15, 0.2) is 18.3 Å². The lowest BCUT2D eigenvalue weighted by Gasteiger charge is -2.20. The molecule has 0 aliphatic heterocycles. The Hall–Kier alpha value is -1.09. The maximum atomic E-state index is 5.75. The molecule has 0 aliphatic carbocycles. The number of hydrogen-bond donors (Lipinski definition) is 1. The number of nitrogens with two attached hydrogens (primary N) is 1. The van der Waals surface area contributed by atoms with Gasteiger partial charge in [-0.05, 0) is 30.9 Å². The molecular formula is C13H23N3. The van der Waals surface area contributed by atoms with Crippen LogP contribution in [0.3, 0.4) is 0 Å². The molecule has 0 aliphatic rings. The van der Waals surface area contributed by atoms with Crippen molar-refractivity contribution >= 4 is 5.82 Å². The lowest BCUT2D eigenvalue weighted by Crippen LogP contribution is -2.23. The van der Waals surface area contributed by atoms with Crippen LogP contribution in [0.4, 0.5) is 5.82 Å². The Morgan fingerprint density at radius 3 is 2.44 bits per heavy atom. The predicted molar refractivity (Wildman–Crippen MR) is 69.7 cm³/mol. The van der Waals surface area contributed by atoms with E-state index in [4.69, 9.17) is 5.73 Å². The molecule has 3 heteroatoms. The average Bonchev–Trinajstić information content (AvgIpc) is 2.16. The van der Waals surface area contributed by atoms with Crippen LogP contribution in [-0.4, -0.2) is 24.6 Å². The first-order chi connectivity index (χ1) is 7.49. The highest BCUT2D eigenvalue weighted by Gasteiger charge is 2.05. The number of pyridine rings is 1. The zero-order valence-electron chi connectivity index (χ0n) is 10.8. The Morgan fingerprint density at radius 2 is 2.00 bits per heavy atom. The number of anilines is 1. The molecule has 0 bridgehead atoms. The summed E-state index contributed by atoms with van der Waals surface area (Å²) in [5, 5.41) is 0. The van der Waals surface area contributed by atoms with Gasteiger partial charge in [-0.1, -0.05) is 19.9 Å². The first-order valence-electron chi connectivity index (χ1n) is 5.90. The summed E-state index contributed by atoms with van der Waals surface area (Å²) in [4.78, 5) is 6.64. The SMILES string of the molecule is CC(C)CN(C)c1ccc(CC(C)N)cn1. The van der Waals surface area contributed by atoms with Gasteiger partial charge in [0.05, 0.1) is 0 Å². The third-order valence-electron chi connectivity index (χ3n) is 2.40. The minimum absolute atomic E-state index is 0.195. The highest BCUT2D eigenvalue weighted by molar-refractivity contribution is 5.38. The molecule has 0 aromatic carbocycles. The standard InChI is InChI=1S/C13H23N3/c1-10(2)9-16(4)13-6-5-12(8-15-13)7-11(3)14/h5-6,8,10-11H,7,9,14H2,1-4H3. The van der Waals surface area contributed by atoms with Gasteiger partial charge >= 0.3 is 0 Å². The molecule has 0 spiro atoms. The Kier molecular flexibility index (Phi) is 4.74. The molecule has 16 heavy (non-hydrogen) atoms. The van der Waals surface area contributed by atoms with Crippen LogP contribution >= 0.6 is 0 Å². The molecule has 0 radical (unpaired) electrons. The summed E-state index contributed by atoms with van der Waals surface area (Å²) in [6.07, 6.45) is 2.82. The van der Waals surface area contributed by atoms with Crippen molar-refractivity contribution in [3.05, 3.63) is 23.9 Å². The van der Waals surface area contributed by atoms with Gasteiger partial charge in [-0.25, -0.2) is 4.98 Å². The minimum atomic E-state index is 0.195. The minimum Gasteiger partial charge on any atom is -0.359 e. The molecule has 1 atom stereocenters. The van der Waals surface area contributed by atoms with Gasteiger partial charge in [-0.2, -0.15) is 0 Å². The zero-order chi connectivity index (χ0) is 12.1. The van der Waals surface area contributed by atoms with E-state index in [9.17, 15) is 0 Å². The number of nitrogens with zero attached hydrogens (tertiary/aromatic N) is 2. The van der Waals surface area contributed by atoms with E-state index >= 15 is 0 Å².